The molecular weight excluding hydrogens is 509 g/mol. The summed E-state index contributed by atoms with van der Waals surface area (Å²) in [4.78, 5) is 22.7. The Labute approximate surface area is 204 Å². The predicted molar refractivity (Wildman–Crippen MR) is 134 cm³/mol. The number of nitrogens with one attached hydrogen (secondary N) is 2. The van der Waals surface area contributed by atoms with Gasteiger partial charge in [-0.15, -0.1) is 24.0 Å². The van der Waals surface area contributed by atoms with Gasteiger partial charge in [-0.2, -0.15) is 0 Å². The SMILES string of the molecule is CN=C(NCCC1CCCN(C(=O)OC(C)(C)C)C1)NCc1ncc(C(C)(C)C)o1.I. The minimum Gasteiger partial charge on any atom is -0.444 e. The van der Waals surface area contributed by atoms with E-state index in [0.29, 0.717) is 24.3 Å². The zero-order valence-electron chi connectivity index (χ0n) is 20.1. The quantitative estimate of drug-likeness (QED) is 0.324. The third kappa shape index (κ3) is 9.65. The van der Waals surface area contributed by atoms with Gasteiger partial charge in [-0.25, -0.2) is 9.78 Å². The van der Waals surface area contributed by atoms with Crippen LogP contribution in [0.5, 0.6) is 0 Å². The predicted octanol–water partition coefficient (Wildman–Crippen LogP) is 4.29. The van der Waals surface area contributed by atoms with Crippen molar-refractivity contribution in [3.05, 3.63) is 17.8 Å². The number of halogens is 1. The number of hydrogen-bond donors (Lipinski definition) is 2. The van der Waals surface area contributed by atoms with E-state index in [0.717, 1.165) is 44.7 Å². The highest BCUT2D eigenvalue weighted by Gasteiger charge is 2.27. The van der Waals surface area contributed by atoms with Crippen LogP contribution in [-0.2, 0) is 16.7 Å². The number of guanidine groups is 1. The molecule has 0 radical (unpaired) electrons. The number of oxazole rings is 1. The maximum Gasteiger partial charge on any atom is 0.410 e. The molecule has 0 bridgehead atoms. The van der Waals surface area contributed by atoms with Crippen LogP contribution < -0.4 is 10.6 Å². The number of aromatic nitrogens is 1. The molecule has 0 spiro atoms. The molecule has 31 heavy (non-hydrogen) atoms. The molecule has 1 unspecified atom stereocenters. The third-order valence-corrected chi connectivity index (χ3v) is 4.94. The van der Waals surface area contributed by atoms with Crippen LogP contribution in [0.3, 0.4) is 0 Å². The van der Waals surface area contributed by atoms with Gasteiger partial charge < -0.3 is 24.7 Å². The van der Waals surface area contributed by atoms with E-state index in [9.17, 15) is 4.79 Å². The van der Waals surface area contributed by atoms with Gasteiger partial charge in [-0.3, -0.25) is 4.99 Å². The molecule has 2 heterocycles. The summed E-state index contributed by atoms with van der Waals surface area (Å²) in [6, 6.07) is 0. The zero-order chi connectivity index (χ0) is 22.4. The molecule has 1 aromatic heterocycles. The number of ether oxygens (including phenoxy) is 1. The second kappa shape index (κ2) is 11.9. The molecule has 178 valence electrons. The summed E-state index contributed by atoms with van der Waals surface area (Å²) in [6.07, 6.45) is 4.67. The van der Waals surface area contributed by atoms with Crippen LogP contribution in [0.2, 0.25) is 0 Å². The molecule has 2 N–H and O–H groups in total. The van der Waals surface area contributed by atoms with E-state index in [4.69, 9.17) is 9.15 Å². The molecule has 0 saturated carbocycles. The van der Waals surface area contributed by atoms with E-state index >= 15 is 0 Å². The largest absolute Gasteiger partial charge is 0.444 e. The Morgan fingerprint density at radius 2 is 2.00 bits per heavy atom. The Kier molecular flexibility index (Phi) is 10.6. The van der Waals surface area contributed by atoms with Gasteiger partial charge in [0, 0.05) is 32.1 Å². The number of carbonyl (C=O) groups excluding carboxylic acids is 1. The average molecular weight is 549 g/mol. The first-order chi connectivity index (χ1) is 14.0. The molecule has 1 amide bonds. The number of amides is 1. The second-order valence-electron chi connectivity index (χ2n) is 9.94. The lowest BCUT2D eigenvalue weighted by molar-refractivity contribution is 0.0162. The molecule has 1 aromatic rings. The Morgan fingerprint density at radius 1 is 1.29 bits per heavy atom. The van der Waals surface area contributed by atoms with Crippen molar-refractivity contribution in [1.29, 1.82) is 0 Å². The van der Waals surface area contributed by atoms with Gasteiger partial charge in [-0.1, -0.05) is 20.8 Å². The van der Waals surface area contributed by atoms with Crippen molar-refractivity contribution in [3.8, 4) is 0 Å². The lowest BCUT2D eigenvalue weighted by Crippen LogP contribution is -2.44. The summed E-state index contributed by atoms with van der Waals surface area (Å²) >= 11 is 0. The highest BCUT2D eigenvalue weighted by molar-refractivity contribution is 14.0. The van der Waals surface area contributed by atoms with Crippen LogP contribution in [0, 0.1) is 5.92 Å². The minimum absolute atomic E-state index is 0. The lowest BCUT2D eigenvalue weighted by Gasteiger charge is -2.34. The van der Waals surface area contributed by atoms with Gasteiger partial charge in [0.05, 0.1) is 12.7 Å². The highest BCUT2D eigenvalue weighted by Crippen LogP contribution is 2.23. The number of rotatable bonds is 5. The summed E-state index contributed by atoms with van der Waals surface area (Å²) < 4.78 is 11.3. The van der Waals surface area contributed by atoms with Crippen LogP contribution in [0.15, 0.2) is 15.6 Å². The average Bonchev–Trinajstić information content (AvgIpc) is 3.13. The molecule has 1 aliphatic heterocycles. The van der Waals surface area contributed by atoms with Gasteiger partial charge in [0.2, 0.25) is 5.89 Å². The lowest BCUT2D eigenvalue weighted by atomic mass is 9.94. The molecule has 2 rings (SSSR count). The first kappa shape index (κ1) is 27.5. The van der Waals surface area contributed by atoms with E-state index in [1.54, 1.807) is 13.2 Å². The van der Waals surface area contributed by atoms with Gasteiger partial charge in [0.15, 0.2) is 5.96 Å². The van der Waals surface area contributed by atoms with Gasteiger partial charge >= 0.3 is 6.09 Å². The molecule has 9 heteroatoms. The van der Waals surface area contributed by atoms with Crippen molar-refractivity contribution in [2.75, 3.05) is 26.7 Å². The molecule has 1 saturated heterocycles. The number of hydrogen-bond acceptors (Lipinski definition) is 5. The molecule has 1 fully saturated rings. The van der Waals surface area contributed by atoms with E-state index in [1.807, 2.05) is 25.7 Å². The van der Waals surface area contributed by atoms with Gasteiger partial charge in [0.25, 0.3) is 0 Å². The monoisotopic (exact) mass is 549 g/mol. The maximum absolute atomic E-state index is 12.3. The topological polar surface area (TPSA) is 92.0 Å². The Balaban J connectivity index is 0.00000480. The van der Waals surface area contributed by atoms with Crippen molar-refractivity contribution < 1.29 is 13.9 Å². The number of carbonyl (C=O) groups is 1. The molecule has 1 aliphatic rings. The van der Waals surface area contributed by atoms with Crippen LogP contribution in [0.25, 0.3) is 0 Å². The van der Waals surface area contributed by atoms with Crippen LogP contribution in [0.1, 0.15) is 72.5 Å². The smallest absolute Gasteiger partial charge is 0.410 e. The third-order valence-electron chi connectivity index (χ3n) is 4.94. The van der Waals surface area contributed by atoms with Crippen LogP contribution in [0.4, 0.5) is 4.79 Å². The summed E-state index contributed by atoms with van der Waals surface area (Å²) in [7, 11) is 1.75. The van der Waals surface area contributed by atoms with Crippen molar-refractivity contribution >= 4 is 36.0 Å². The summed E-state index contributed by atoms with van der Waals surface area (Å²) in [5.74, 6) is 2.68. The number of piperidine rings is 1. The fraction of sp³-hybridized carbons (Fsp3) is 0.773. The summed E-state index contributed by atoms with van der Waals surface area (Å²) in [5, 5.41) is 6.58. The normalized spacial score (nSPS) is 17.7. The van der Waals surface area contributed by atoms with Crippen LogP contribution >= 0.6 is 24.0 Å². The summed E-state index contributed by atoms with van der Waals surface area (Å²) in [5.41, 5.74) is -0.515. The number of likely N-dealkylation sites (tertiary alicyclic amines) is 1. The minimum atomic E-state index is -0.458. The van der Waals surface area contributed by atoms with Crippen molar-refractivity contribution in [3.63, 3.8) is 0 Å². The number of nitrogens with zero attached hydrogens (tertiary/aromatic N) is 3. The van der Waals surface area contributed by atoms with Gasteiger partial charge in [-0.05, 0) is 46.0 Å². The van der Waals surface area contributed by atoms with Crippen LogP contribution in [-0.4, -0.2) is 54.2 Å². The van der Waals surface area contributed by atoms with Crippen molar-refractivity contribution in [2.45, 2.75) is 78.4 Å². The summed E-state index contributed by atoms with van der Waals surface area (Å²) in [6.45, 7) is 14.8. The molecular formula is C22H40IN5O3. The highest BCUT2D eigenvalue weighted by atomic mass is 127. The second-order valence-corrected chi connectivity index (χ2v) is 9.94. The van der Waals surface area contributed by atoms with Crippen molar-refractivity contribution in [1.82, 2.24) is 20.5 Å². The molecule has 0 aromatic carbocycles. The fourth-order valence-electron chi connectivity index (χ4n) is 3.31. The zero-order valence-corrected chi connectivity index (χ0v) is 22.4. The van der Waals surface area contributed by atoms with Gasteiger partial charge in [0.1, 0.15) is 11.4 Å². The molecule has 1 atom stereocenters. The Bertz CT molecular complexity index is 721. The molecule has 0 aliphatic carbocycles. The Hall–Kier alpha value is -1.52. The standard InChI is InChI=1S/C22H39N5O3.HI/c1-21(2,3)17-13-25-18(29-17)14-26-19(23-7)24-11-10-16-9-8-12-27(15-16)20(28)30-22(4,5)6;/h13,16H,8-12,14-15H2,1-7H3,(H2,23,24,26);1H. The number of aliphatic imine (C=N–C) groups is 1. The first-order valence-corrected chi connectivity index (χ1v) is 10.9. The van der Waals surface area contributed by atoms with E-state index in [-0.39, 0.29) is 35.5 Å². The maximum atomic E-state index is 12.3. The van der Waals surface area contributed by atoms with E-state index in [1.165, 1.54) is 0 Å². The first-order valence-electron chi connectivity index (χ1n) is 10.9. The van der Waals surface area contributed by atoms with Crippen molar-refractivity contribution in [2.24, 2.45) is 10.9 Å². The van der Waals surface area contributed by atoms with E-state index < -0.39 is 5.60 Å². The van der Waals surface area contributed by atoms with E-state index in [2.05, 4.69) is 41.4 Å². The molecule has 8 nitrogen and oxygen atoms in total. The fourth-order valence-corrected chi connectivity index (χ4v) is 3.31. The Morgan fingerprint density at radius 3 is 2.58 bits per heavy atom.